The zero-order valence-electron chi connectivity index (χ0n) is 9.23. The fraction of sp³-hybridized carbons (Fsp3) is 0.636. The summed E-state index contributed by atoms with van der Waals surface area (Å²) in [4.78, 5) is 21.0. The Hall–Kier alpha value is -1.32. The number of hydrogen-bond donors (Lipinski definition) is 1. The van der Waals surface area contributed by atoms with E-state index in [1.165, 1.54) is 0 Å². The highest BCUT2D eigenvalue weighted by atomic mass is 16.5. The number of esters is 1. The molecule has 0 heterocycles. The molecule has 0 aromatic carbocycles. The van der Waals surface area contributed by atoms with Gasteiger partial charge in [-0.15, -0.1) is 0 Å². The lowest BCUT2D eigenvalue weighted by atomic mass is 10.0. The van der Waals surface area contributed by atoms with Gasteiger partial charge in [0.2, 0.25) is 0 Å². The molecule has 0 aliphatic carbocycles. The first-order valence-electron chi connectivity index (χ1n) is 5.14. The van der Waals surface area contributed by atoms with Crippen molar-refractivity contribution >= 4 is 11.9 Å². The molecule has 0 bridgehead atoms. The van der Waals surface area contributed by atoms with Crippen LogP contribution in [0.2, 0.25) is 0 Å². The van der Waals surface area contributed by atoms with Crippen LogP contribution in [0.4, 0.5) is 0 Å². The highest BCUT2D eigenvalue weighted by Gasteiger charge is 2.01. The molecule has 86 valence electrons. The van der Waals surface area contributed by atoms with E-state index >= 15 is 0 Å². The first-order valence-corrected chi connectivity index (χ1v) is 5.14. The summed E-state index contributed by atoms with van der Waals surface area (Å²) in [6, 6.07) is 0. The van der Waals surface area contributed by atoms with Crippen molar-refractivity contribution in [3.8, 4) is 0 Å². The Morgan fingerprint density at radius 3 is 2.60 bits per heavy atom. The number of aliphatic carboxylic acids is 1. The highest BCUT2D eigenvalue weighted by Crippen LogP contribution is 2.08. The molecule has 0 aliphatic rings. The quantitative estimate of drug-likeness (QED) is 0.400. The van der Waals surface area contributed by atoms with Gasteiger partial charge in [0.1, 0.15) is 0 Å². The molecule has 15 heavy (non-hydrogen) atoms. The average Bonchev–Trinajstić information content (AvgIpc) is 2.21. The molecule has 0 aromatic heterocycles. The van der Waals surface area contributed by atoms with E-state index in [1.807, 2.05) is 0 Å². The van der Waals surface area contributed by atoms with Crippen LogP contribution in [0.3, 0.4) is 0 Å². The zero-order chi connectivity index (χ0) is 11.7. The van der Waals surface area contributed by atoms with Crippen LogP contribution in [0, 0.1) is 5.92 Å². The summed E-state index contributed by atoms with van der Waals surface area (Å²) in [7, 11) is 0. The van der Waals surface area contributed by atoms with Crippen LogP contribution >= 0.6 is 0 Å². The second-order valence-corrected chi connectivity index (χ2v) is 3.49. The van der Waals surface area contributed by atoms with E-state index in [4.69, 9.17) is 9.84 Å². The Balaban J connectivity index is 3.51. The van der Waals surface area contributed by atoms with Crippen molar-refractivity contribution in [3.05, 3.63) is 12.2 Å². The third-order valence-electron chi connectivity index (χ3n) is 2.14. The lowest BCUT2D eigenvalue weighted by molar-refractivity contribution is -0.138. The zero-order valence-corrected chi connectivity index (χ0v) is 9.23. The van der Waals surface area contributed by atoms with Crippen molar-refractivity contribution in [1.82, 2.24) is 0 Å². The summed E-state index contributed by atoms with van der Waals surface area (Å²) in [5.41, 5.74) is 0. The lowest BCUT2D eigenvalue weighted by Crippen LogP contribution is -2.04. The second-order valence-electron chi connectivity index (χ2n) is 3.49. The number of ether oxygens (including phenoxy) is 1. The Kier molecular flexibility index (Phi) is 7.32. The van der Waals surface area contributed by atoms with Gasteiger partial charge in [0.05, 0.1) is 6.61 Å². The van der Waals surface area contributed by atoms with Crippen LogP contribution in [0.15, 0.2) is 12.2 Å². The molecule has 1 N–H and O–H groups in total. The Morgan fingerprint density at radius 2 is 2.07 bits per heavy atom. The van der Waals surface area contributed by atoms with Gasteiger partial charge in [-0.1, -0.05) is 20.3 Å². The van der Waals surface area contributed by atoms with Crippen LogP contribution in [-0.4, -0.2) is 23.7 Å². The molecule has 0 spiro atoms. The number of rotatable bonds is 7. The van der Waals surface area contributed by atoms with Crippen molar-refractivity contribution in [2.75, 3.05) is 6.61 Å². The summed E-state index contributed by atoms with van der Waals surface area (Å²) >= 11 is 0. The SMILES string of the molecule is CCC(C)CCCOC(=O)C=CC(=O)O. The first-order chi connectivity index (χ1) is 7.06. The van der Waals surface area contributed by atoms with Gasteiger partial charge in [0, 0.05) is 12.2 Å². The lowest BCUT2D eigenvalue weighted by Gasteiger charge is -2.07. The minimum absolute atomic E-state index is 0.354. The molecule has 0 saturated heterocycles. The minimum Gasteiger partial charge on any atom is -0.478 e. The maximum Gasteiger partial charge on any atom is 0.331 e. The molecule has 4 nitrogen and oxygen atoms in total. The van der Waals surface area contributed by atoms with Gasteiger partial charge >= 0.3 is 11.9 Å². The Labute approximate surface area is 89.9 Å². The molecule has 0 amide bonds. The molecule has 1 atom stereocenters. The molecular formula is C11H18O4. The summed E-state index contributed by atoms with van der Waals surface area (Å²) < 4.78 is 4.80. The molecular weight excluding hydrogens is 196 g/mol. The number of carbonyl (C=O) groups excluding carboxylic acids is 1. The van der Waals surface area contributed by atoms with Gasteiger partial charge in [-0.2, -0.15) is 0 Å². The fourth-order valence-electron chi connectivity index (χ4n) is 0.996. The predicted molar refractivity (Wildman–Crippen MR) is 56.4 cm³/mol. The number of carbonyl (C=O) groups is 2. The van der Waals surface area contributed by atoms with Gasteiger partial charge in [-0.05, 0) is 18.8 Å². The maximum absolute atomic E-state index is 10.9. The molecule has 0 fully saturated rings. The molecule has 1 unspecified atom stereocenters. The molecule has 0 aliphatic heterocycles. The van der Waals surface area contributed by atoms with Gasteiger partial charge in [-0.3, -0.25) is 0 Å². The largest absolute Gasteiger partial charge is 0.478 e. The summed E-state index contributed by atoms with van der Waals surface area (Å²) in [6.07, 6.45) is 4.66. The van der Waals surface area contributed by atoms with Crippen LogP contribution < -0.4 is 0 Å². The van der Waals surface area contributed by atoms with E-state index in [2.05, 4.69) is 13.8 Å². The number of carboxylic acid groups (broad SMARTS) is 1. The van der Waals surface area contributed by atoms with Crippen molar-refractivity contribution in [3.63, 3.8) is 0 Å². The normalized spacial score (nSPS) is 12.7. The van der Waals surface area contributed by atoms with Crippen molar-refractivity contribution in [2.45, 2.75) is 33.1 Å². The standard InChI is InChI=1S/C11H18O4/c1-3-9(2)5-4-8-15-11(14)7-6-10(12)13/h6-7,9H,3-5,8H2,1-2H3,(H,12,13). The van der Waals surface area contributed by atoms with Gasteiger partial charge in [-0.25, -0.2) is 9.59 Å². The monoisotopic (exact) mass is 214 g/mol. The van der Waals surface area contributed by atoms with E-state index in [1.54, 1.807) is 0 Å². The first kappa shape index (κ1) is 13.7. The van der Waals surface area contributed by atoms with E-state index < -0.39 is 11.9 Å². The van der Waals surface area contributed by atoms with Gasteiger partial charge in [0.25, 0.3) is 0 Å². The fourth-order valence-corrected chi connectivity index (χ4v) is 0.996. The number of carboxylic acids is 1. The van der Waals surface area contributed by atoms with Crippen molar-refractivity contribution in [2.24, 2.45) is 5.92 Å². The van der Waals surface area contributed by atoms with Crippen molar-refractivity contribution < 1.29 is 19.4 Å². The third kappa shape index (κ3) is 9.00. The Morgan fingerprint density at radius 1 is 1.40 bits per heavy atom. The topological polar surface area (TPSA) is 63.6 Å². The molecule has 0 radical (unpaired) electrons. The second kappa shape index (κ2) is 8.03. The van der Waals surface area contributed by atoms with Crippen LogP contribution in [0.25, 0.3) is 0 Å². The van der Waals surface area contributed by atoms with Gasteiger partial charge in [0.15, 0.2) is 0 Å². The highest BCUT2D eigenvalue weighted by molar-refractivity contribution is 5.90. The summed E-state index contributed by atoms with van der Waals surface area (Å²) in [5.74, 6) is -1.11. The van der Waals surface area contributed by atoms with Crippen LogP contribution in [0.1, 0.15) is 33.1 Å². The number of hydrogen-bond acceptors (Lipinski definition) is 3. The Bertz CT molecular complexity index is 233. The third-order valence-corrected chi connectivity index (χ3v) is 2.14. The van der Waals surface area contributed by atoms with E-state index in [-0.39, 0.29) is 0 Å². The van der Waals surface area contributed by atoms with Crippen LogP contribution in [0.5, 0.6) is 0 Å². The smallest absolute Gasteiger partial charge is 0.331 e. The minimum atomic E-state index is -1.15. The van der Waals surface area contributed by atoms with E-state index in [0.717, 1.165) is 31.4 Å². The predicted octanol–water partition coefficient (Wildman–Crippen LogP) is 2.00. The van der Waals surface area contributed by atoms with Crippen molar-refractivity contribution in [1.29, 1.82) is 0 Å². The maximum atomic E-state index is 10.9. The van der Waals surface area contributed by atoms with Crippen LogP contribution in [-0.2, 0) is 14.3 Å². The molecule has 4 heteroatoms. The average molecular weight is 214 g/mol. The molecule has 0 aromatic rings. The van der Waals surface area contributed by atoms with E-state index in [9.17, 15) is 9.59 Å². The summed E-state index contributed by atoms with van der Waals surface area (Å²) in [6.45, 7) is 4.62. The van der Waals surface area contributed by atoms with Gasteiger partial charge < -0.3 is 9.84 Å². The molecule has 0 saturated carbocycles. The summed E-state index contributed by atoms with van der Waals surface area (Å²) in [5, 5.41) is 8.24. The van der Waals surface area contributed by atoms with E-state index in [0.29, 0.717) is 12.5 Å². The molecule has 0 rings (SSSR count).